The maximum Gasteiger partial charge on any atom is 0.114 e. The zero-order valence-electron chi connectivity index (χ0n) is 11.6. The molecule has 0 amide bonds. The van der Waals surface area contributed by atoms with E-state index < -0.39 is 0 Å². The first-order valence-corrected chi connectivity index (χ1v) is 7.29. The van der Waals surface area contributed by atoms with E-state index in [0.29, 0.717) is 6.61 Å². The number of methoxy groups -OCH3 is 1. The number of hydrogen-bond acceptors (Lipinski definition) is 4. The van der Waals surface area contributed by atoms with Crippen LogP contribution in [-0.2, 0) is 4.74 Å². The predicted molar refractivity (Wildman–Crippen MR) is 79.8 cm³/mol. The Morgan fingerprint density at radius 3 is 2.89 bits per heavy atom. The molecule has 0 spiro atoms. The fraction of sp³-hybridized carbons (Fsp3) is 0.400. The molecule has 19 heavy (non-hydrogen) atoms. The summed E-state index contributed by atoms with van der Waals surface area (Å²) in [6.07, 6.45) is 1.86. The molecule has 0 fully saturated rings. The van der Waals surface area contributed by atoms with Gasteiger partial charge in [-0.15, -0.1) is 11.3 Å². The van der Waals surface area contributed by atoms with Gasteiger partial charge in [0.25, 0.3) is 0 Å². The van der Waals surface area contributed by atoms with E-state index in [2.05, 4.69) is 42.3 Å². The average Bonchev–Trinajstić information content (AvgIpc) is 2.92. The highest BCUT2D eigenvalue weighted by molar-refractivity contribution is 7.09. The molecule has 0 aliphatic carbocycles. The molecule has 1 aromatic heterocycles. The van der Waals surface area contributed by atoms with Gasteiger partial charge in [0.15, 0.2) is 0 Å². The lowest BCUT2D eigenvalue weighted by atomic mass is 9.99. The van der Waals surface area contributed by atoms with Crippen molar-refractivity contribution in [3.05, 3.63) is 51.5 Å². The van der Waals surface area contributed by atoms with E-state index in [1.807, 2.05) is 11.6 Å². The smallest absolute Gasteiger partial charge is 0.114 e. The van der Waals surface area contributed by atoms with Crippen LogP contribution in [0.2, 0.25) is 0 Å². The maximum atomic E-state index is 5.12. The highest BCUT2D eigenvalue weighted by Crippen LogP contribution is 2.27. The van der Waals surface area contributed by atoms with Crippen LogP contribution in [0.4, 0.5) is 0 Å². The van der Waals surface area contributed by atoms with Gasteiger partial charge in [0.05, 0.1) is 12.6 Å². The molecule has 0 aliphatic rings. The van der Waals surface area contributed by atoms with Crippen molar-refractivity contribution >= 4 is 11.3 Å². The summed E-state index contributed by atoms with van der Waals surface area (Å²) in [5.41, 5.74) is 3.86. The van der Waals surface area contributed by atoms with Crippen LogP contribution in [-0.4, -0.2) is 25.2 Å². The molecule has 2 rings (SSSR count). The Morgan fingerprint density at radius 2 is 2.21 bits per heavy atom. The van der Waals surface area contributed by atoms with Gasteiger partial charge in [-0.2, -0.15) is 0 Å². The summed E-state index contributed by atoms with van der Waals surface area (Å²) in [5, 5.41) is 6.65. The molecule has 2 aromatic rings. The molecule has 3 nitrogen and oxygen atoms in total. The van der Waals surface area contributed by atoms with Gasteiger partial charge in [-0.25, -0.2) is 4.98 Å². The Balaban J connectivity index is 2.28. The van der Waals surface area contributed by atoms with Gasteiger partial charge in [0, 0.05) is 25.2 Å². The van der Waals surface area contributed by atoms with Gasteiger partial charge in [-0.05, 0) is 25.0 Å². The number of aromatic nitrogens is 1. The number of ether oxygens (including phenoxy) is 1. The van der Waals surface area contributed by atoms with Crippen LogP contribution in [0.25, 0.3) is 0 Å². The lowest BCUT2D eigenvalue weighted by Crippen LogP contribution is -2.26. The van der Waals surface area contributed by atoms with Gasteiger partial charge in [-0.1, -0.05) is 23.8 Å². The van der Waals surface area contributed by atoms with Gasteiger partial charge in [0.2, 0.25) is 0 Å². The van der Waals surface area contributed by atoms with Crippen LogP contribution in [0.5, 0.6) is 0 Å². The molecule has 1 aromatic carbocycles. The third-order valence-corrected chi connectivity index (χ3v) is 3.94. The Bertz CT molecular complexity index is 511. The molecular formula is C15H20N2OS. The fourth-order valence-corrected chi connectivity index (χ4v) is 2.81. The highest BCUT2D eigenvalue weighted by atomic mass is 32.1. The van der Waals surface area contributed by atoms with E-state index in [-0.39, 0.29) is 6.04 Å². The van der Waals surface area contributed by atoms with Gasteiger partial charge < -0.3 is 10.1 Å². The number of thiazole rings is 1. The zero-order chi connectivity index (χ0) is 13.7. The minimum absolute atomic E-state index is 0.148. The number of benzene rings is 1. The molecule has 102 valence electrons. The van der Waals surface area contributed by atoms with Gasteiger partial charge in [-0.3, -0.25) is 0 Å². The van der Waals surface area contributed by atoms with Crippen LogP contribution in [0.3, 0.4) is 0 Å². The number of nitrogens with zero attached hydrogens (tertiary/aromatic N) is 1. The Morgan fingerprint density at radius 1 is 1.37 bits per heavy atom. The first-order valence-electron chi connectivity index (χ1n) is 6.41. The molecule has 4 heteroatoms. The van der Waals surface area contributed by atoms with Crippen LogP contribution in [0.15, 0.2) is 29.8 Å². The third-order valence-electron chi connectivity index (χ3n) is 3.10. The number of hydrogen-bond donors (Lipinski definition) is 1. The van der Waals surface area contributed by atoms with E-state index in [9.17, 15) is 0 Å². The van der Waals surface area contributed by atoms with E-state index in [1.165, 1.54) is 16.7 Å². The van der Waals surface area contributed by atoms with Crippen molar-refractivity contribution < 1.29 is 4.74 Å². The van der Waals surface area contributed by atoms with E-state index in [1.54, 1.807) is 18.4 Å². The summed E-state index contributed by atoms with van der Waals surface area (Å²) in [7, 11) is 1.72. The summed E-state index contributed by atoms with van der Waals surface area (Å²) >= 11 is 1.68. The van der Waals surface area contributed by atoms with E-state index in [4.69, 9.17) is 4.74 Å². The normalized spacial score (nSPS) is 12.6. The molecule has 1 N–H and O–H groups in total. The lowest BCUT2D eigenvalue weighted by Gasteiger charge is -2.19. The molecule has 1 heterocycles. The fourth-order valence-electron chi connectivity index (χ4n) is 2.08. The monoisotopic (exact) mass is 276 g/mol. The Labute approximate surface area is 118 Å². The van der Waals surface area contributed by atoms with Crippen LogP contribution < -0.4 is 5.32 Å². The second-order valence-electron chi connectivity index (χ2n) is 4.61. The molecule has 0 radical (unpaired) electrons. The second-order valence-corrected chi connectivity index (χ2v) is 5.54. The molecule has 0 saturated heterocycles. The van der Waals surface area contributed by atoms with Crippen LogP contribution in [0, 0.1) is 13.8 Å². The van der Waals surface area contributed by atoms with Crippen LogP contribution >= 0.6 is 11.3 Å². The number of rotatable bonds is 6. The first kappa shape index (κ1) is 14.2. The SMILES string of the molecule is COCCNC(c1nccs1)c1cc(C)ccc1C. The van der Waals surface area contributed by atoms with Crippen molar-refractivity contribution in [2.24, 2.45) is 0 Å². The minimum Gasteiger partial charge on any atom is -0.383 e. The summed E-state index contributed by atoms with van der Waals surface area (Å²) in [4.78, 5) is 4.46. The summed E-state index contributed by atoms with van der Waals surface area (Å²) in [6, 6.07) is 6.70. The second kappa shape index (κ2) is 6.80. The Hall–Kier alpha value is -1.23. The standard InChI is InChI=1S/C15H20N2OS/c1-11-4-5-12(2)13(10-11)14(16-6-8-18-3)15-17-7-9-19-15/h4-5,7,9-10,14,16H,6,8H2,1-3H3. The third kappa shape index (κ3) is 3.62. The molecule has 1 unspecified atom stereocenters. The average molecular weight is 276 g/mol. The van der Waals surface area contributed by atoms with E-state index >= 15 is 0 Å². The van der Waals surface area contributed by atoms with Crippen LogP contribution in [0.1, 0.15) is 27.7 Å². The lowest BCUT2D eigenvalue weighted by molar-refractivity contribution is 0.197. The van der Waals surface area contributed by atoms with Gasteiger partial charge in [0.1, 0.15) is 5.01 Å². The molecule has 0 aliphatic heterocycles. The number of aryl methyl sites for hydroxylation is 2. The van der Waals surface area contributed by atoms with Crippen molar-refractivity contribution in [3.8, 4) is 0 Å². The highest BCUT2D eigenvalue weighted by Gasteiger charge is 2.18. The molecular weight excluding hydrogens is 256 g/mol. The zero-order valence-corrected chi connectivity index (χ0v) is 12.5. The predicted octanol–water partition coefficient (Wildman–Crippen LogP) is 3.09. The number of nitrogens with one attached hydrogen (secondary N) is 1. The van der Waals surface area contributed by atoms with Crippen molar-refractivity contribution in [3.63, 3.8) is 0 Å². The van der Waals surface area contributed by atoms with Gasteiger partial charge >= 0.3 is 0 Å². The topological polar surface area (TPSA) is 34.1 Å². The van der Waals surface area contributed by atoms with Crippen molar-refractivity contribution in [1.29, 1.82) is 0 Å². The summed E-state index contributed by atoms with van der Waals surface area (Å²) in [6.45, 7) is 5.78. The quantitative estimate of drug-likeness (QED) is 0.823. The summed E-state index contributed by atoms with van der Waals surface area (Å²) < 4.78 is 5.12. The first-order chi connectivity index (χ1) is 9.22. The van der Waals surface area contributed by atoms with E-state index in [0.717, 1.165) is 11.6 Å². The Kier molecular flexibility index (Phi) is 5.07. The van der Waals surface area contributed by atoms with Crippen molar-refractivity contribution in [1.82, 2.24) is 10.3 Å². The summed E-state index contributed by atoms with van der Waals surface area (Å²) in [5.74, 6) is 0. The molecule has 0 bridgehead atoms. The van der Waals surface area contributed by atoms with Crippen molar-refractivity contribution in [2.75, 3.05) is 20.3 Å². The largest absolute Gasteiger partial charge is 0.383 e. The van der Waals surface area contributed by atoms with Crippen molar-refractivity contribution in [2.45, 2.75) is 19.9 Å². The molecule has 0 saturated carbocycles. The molecule has 1 atom stereocenters. The maximum absolute atomic E-state index is 5.12. The minimum atomic E-state index is 0.148.